The van der Waals surface area contributed by atoms with Gasteiger partial charge in [-0.15, -0.1) is 0 Å². The van der Waals surface area contributed by atoms with Gasteiger partial charge in [0, 0.05) is 30.4 Å². The molecule has 0 saturated carbocycles. The van der Waals surface area contributed by atoms with Crippen molar-refractivity contribution >= 4 is 22.3 Å². The van der Waals surface area contributed by atoms with Gasteiger partial charge in [0.2, 0.25) is 0 Å². The van der Waals surface area contributed by atoms with E-state index in [1.807, 2.05) is 24.3 Å². The van der Waals surface area contributed by atoms with E-state index in [1.54, 1.807) is 6.20 Å². The van der Waals surface area contributed by atoms with E-state index >= 15 is 0 Å². The molecule has 0 saturated heterocycles. The van der Waals surface area contributed by atoms with Crippen LogP contribution in [0.5, 0.6) is 0 Å². The number of nitrogens with two attached hydrogens (primary N) is 1. The van der Waals surface area contributed by atoms with Gasteiger partial charge in [0.05, 0.1) is 23.7 Å². The summed E-state index contributed by atoms with van der Waals surface area (Å²) in [5.41, 5.74) is 8.61. The second-order valence-electron chi connectivity index (χ2n) is 5.32. The number of pyridine rings is 1. The first-order valence-corrected chi connectivity index (χ1v) is 6.88. The minimum Gasteiger partial charge on any atom is -0.397 e. The lowest BCUT2D eigenvalue weighted by Crippen LogP contribution is -2.28. The lowest BCUT2D eigenvalue weighted by atomic mass is 10.1. The fourth-order valence-corrected chi connectivity index (χ4v) is 2.39. The first-order chi connectivity index (χ1) is 9.63. The van der Waals surface area contributed by atoms with Gasteiger partial charge < -0.3 is 10.6 Å². The molecule has 0 aliphatic heterocycles. The summed E-state index contributed by atoms with van der Waals surface area (Å²) in [6, 6.07) is 10.1. The number of hydrogen-bond acceptors (Lipinski definition) is 4. The first-order valence-electron chi connectivity index (χ1n) is 6.88. The highest BCUT2D eigenvalue weighted by molar-refractivity contribution is 5.98. The summed E-state index contributed by atoms with van der Waals surface area (Å²) in [6.07, 6.45) is 2.27. The maximum absolute atomic E-state index is 8.84. The molecule has 4 nitrogen and oxygen atoms in total. The molecule has 2 aromatic rings. The Hall–Kier alpha value is -2.28. The molecule has 104 valence electrons. The molecule has 0 unspecified atom stereocenters. The molecule has 20 heavy (non-hydrogen) atoms. The van der Waals surface area contributed by atoms with Gasteiger partial charge in [-0.1, -0.05) is 13.8 Å². The normalized spacial score (nSPS) is 10.7. The molecular formula is C16H20N4. The summed E-state index contributed by atoms with van der Waals surface area (Å²) >= 11 is 0. The van der Waals surface area contributed by atoms with Gasteiger partial charge >= 0.3 is 0 Å². The van der Waals surface area contributed by atoms with Crippen molar-refractivity contribution in [3.63, 3.8) is 0 Å². The Morgan fingerprint density at radius 3 is 2.85 bits per heavy atom. The van der Waals surface area contributed by atoms with E-state index in [0.717, 1.165) is 29.7 Å². The summed E-state index contributed by atoms with van der Waals surface area (Å²) in [4.78, 5) is 6.61. The lowest BCUT2D eigenvalue weighted by Gasteiger charge is -2.27. The summed E-state index contributed by atoms with van der Waals surface area (Å²) in [5.74, 6) is 0.526. The van der Waals surface area contributed by atoms with Gasteiger partial charge in [-0.2, -0.15) is 5.26 Å². The van der Waals surface area contributed by atoms with Gasteiger partial charge in [-0.3, -0.25) is 4.98 Å². The molecular weight excluding hydrogens is 248 g/mol. The van der Waals surface area contributed by atoms with Gasteiger partial charge in [0.25, 0.3) is 0 Å². The van der Waals surface area contributed by atoms with Gasteiger partial charge in [0.1, 0.15) is 0 Å². The number of rotatable bonds is 5. The van der Waals surface area contributed by atoms with Crippen molar-refractivity contribution in [1.82, 2.24) is 4.98 Å². The smallest absolute Gasteiger partial charge is 0.0951 e. The molecule has 1 heterocycles. The van der Waals surface area contributed by atoms with Crippen molar-refractivity contribution < 1.29 is 0 Å². The lowest BCUT2D eigenvalue weighted by molar-refractivity contribution is 0.613. The third kappa shape index (κ3) is 3.00. The number of nitriles is 1. The second kappa shape index (κ2) is 6.25. The van der Waals surface area contributed by atoms with Crippen LogP contribution in [0.1, 0.15) is 20.3 Å². The maximum Gasteiger partial charge on any atom is 0.0951 e. The predicted molar refractivity (Wildman–Crippen MR) is 83.4 cm³/mol. The van der Waals surface area contributed by atoms with Crippen LogP contribution in [0, 0.1) is 17.2 Å². The van der Waals surface area contributed by atoms with Crippen molar-refractivity contribution in [2.75, 3.05) is 23.7 Å². The van der Waals surface area contributed by atoms with E-state index in [4.69, 9.17) is 11.0 Å². The Balaban J connectivity index is 2.47. The number of aromatic nitrogens is 1. The van der Waals surface area contributed by atoms with Gasteiger partial charge in [0.15, 0.2) is 0 Å². The third-order valence-electron chi connectivity index (χ3n) is 3.20. The molecule has 0 aliphatic rings. The maximum atomic E-state index is 8.84. The van der Waals surface area contributed by atoms with Crippen LogP contribution in [0.15, 0.2) is 30.5 Å². The number of nitrogens with zero attached hydrogens (tertiary/aromatic N) is 3. The number of benzene rings is 1. The topological polar surface area (TPSA) is 65.9 Å². The third-order valence-corrected chi connectivity index (χ3v) is 3.20. The molecule has 1 aromatic carbocycles. The molecule has 0 radical (unpaired) electrons. The Morgan fingerprint density at radius 2 is 2.15 bits per heavy atom. The van der Waals surface area contributed by atoms with Gasteiger partial charge in [-0.05, 0) is 30.2 Å². The standard InChI is InChI=1S/C16H20N4/c1-12(2)11-20(10-4-8-17)15-7-6-14(18)16-13(15)5-3-9-19-16/h3,5-7,9,12H,4,10-11,18H2,1-2H3. The van der Waals surface area contributed by atoms with Gasteiger partial charge in [-0.25, -0.2) is 0 Å². The summed E-state index contributed by atoms with van der Waals surface area (Å²) in [7, 11) is 0. The quantitative estimate of drug-likeness (QED) is 0.846. The van der Waals surface area contributed by atoms with E-state index in [0.29, 0.717) is 18.0 Å². The zero-order valence-electron chi connectivity index (χ0n) is 12.0. The zero-order chi connectivity index (χ0) is 14.5. The zero-order valence-corrected chi connectivity index (χ0v) is 12.0. The molecule has 0 spiro atoms. The molecule has 0 aliphatic carbocycles. The minimum absolute atomic E-state index is 0.513. The number of anilines is 2. The Morgan fingerprint density at radius 1 is 1.35 bits per heavy atom. The highest BCUT2D eigenvalue weighted by Gasteiger charge is 2.13. The monoisotopic (exact) mass is 268 g/mol. The molecule has 2 rings (SSSR count). The van der Waals surface area contributed by atoms with Crippen LogP contribution in [-0.2, 0) is 0 Å². The second-order valence-corrected chi connectivity index (χ2v) is 5.32. The Bertz CT molecular complexity index is 628. The predicted octanol–water partition coefficient (Wildman–Crippen LogP) is 3.19. The molecule has 2 N–H and O–H groups in total. The minimum atomic E-state index is 0.513. The van der Waals surface area contributed by atoms with Crippen LogP contribution in [0.4, 0.5) is 11.4 Å². The summed E-state index contributed by atoms with van der Waals surface area (Å²) in [6.45, 7) is 5.99. The number of hydrogen-bond donors (Lipinski definition) is 1. The van der Waals surface area contributed by atoms with Crippen LogP contribution in [0.3, 0.4) is 0 Å². The molecule has 1 aromatic heterocycles. The fraction of sp³-hybridized carbons (Fsp3) is 0.375. The summed E-state index contributed by atoms with van der Waals surface area (Å²) in [5, 5.41) is 9.89. The average molecular weight is 268 g/mol. The van der Waals surface area contributed by atoms with Crippen LogP contribution in [-0.4, -0.2) is 18.1 Å². The SMILES string of the molecule is CC(C)CN(CCC#N)c1ccc(N)c2ncccc12. The fourth-order valence-electron chi connectivity index (χ4n) is 2.39. The van der Waals surface area contributed by atoms with Crippen molar-refractivity contribution in [3.8, 4) is 6.07 Å². The summed E-state index contributed by atoms with van der Waals surface area (Å²) < 4.78 is 0. The van der Waals surface area contributed by atoms with Crippen LogP contribution < -0.4 is 10.6 Å². The highest BCUT2D eigenvalue weighted by atomic mass is 15.1. The van der Waals surface area contributed by atoms with Crippen molar-refractivity contribution in [2.24, 2.45) is 5.92 Å². The van der Waals surface area contributed by atoms with E-state index in [9.17, 15) is 0 Å². The number of fused-ring (bicyclic) bond motifs is 1. The van der Waals surface area contributed by atoms with E-state index in [-0.39, 0.29) is 0 Å². The molecule has 0 atom stereocenters. The highest BCUT2D eigenvalue weighted by Crippen LogP contribution is 2.30. The largest absolute Gasteiger partial charge is 0.397 e. The molecule has 0 amide bonds. The molecule has 0 bridgehead atoms. The Labute approximate surface area is 119 Å². The van der Waals surface area contributed by atoms with E-state index in [1.165, 1.54) is 0 Å². The van der Waals surface area contributed by atoms with Crippen LogP contribution in [0.25, 0.3) is 10.9 Å². The number of nitrogen functional groups attached to an aromatic ring is 1. The average Bonchev–Trinajstić information content (AvgIpc) is 2.44. The van der Waals surface area contributed by atoms with Crippen LogP contribution in [0.2, 0.25) is 0 Å². The van der Waals surface area contributed by atoms with E-state index in [2.05, 4.69) is 29.8 Å². The molecule has 4 heteroatoms. The van der Waals surface area contributed by atoms with Crippen LogP contribution >= 0.6 is 0 Å². The first kappa shape index (κ1) is 14.1. The van der Waals surface area contributed by atoms with Crippen molar-refractivity contribution in [1.29, 1.82) is 5.26 Å². The molecule has 0 fully saturated rings. The van der Waals surface area contributed by atoms with Crippen molar-refractivity contribution in [2.45, 2.75) is 20.3 Å². The Kier molecular flexibility index (Phi) is 4.41. The van der Waals surface area contributed by atoms with E-state index < -0.39 is 0 Å². The van der Waals surface area contributed by atoms with Crippen molar-refractivity contribution in [3.05, 3.63) is 30.5 Å².